The maximum atomic E-state index is 10.5. The number of rotatable bonds is 2. The summed E-state index contributed by atoms with van der Waals surface area (Å²) in [5, 5.41) is 8.64. The van der Waals surface area contributed by atoms with Gasteiger partial charge in [0.1, 0.15) is 11.9 Å². The molecule has 1 aliphatic heterocycles. The van der Waals surface area contributed by atoms with Crippen molar-refractivity contribution in [3.05, 3.63) is 29.3 Å². The molecule has 1 unspecified atom stereocenters. The normalized spacial score (nSPS) is 18.8. The Morgan fingerprint density at radius 2 is 2.43 bits per heavy atom. The lowest BCUT2D eigenvalue weighted by molar-refractivity contribution is -0.136. The molecule has 0 bridgehead atoms. The highest BCUT2D eigenvalue weighted by Gasteiger charge is 2.19. The highest BCUT2D eigenvalue weighted by atomic mass is 16.5. The summed E-state index contributed by atoms with van der Waals surface area (Å²) in [6.07, 6.45) is 1.18. The third kappa shape index (κ3) is 1.71. The Hall–Kier alpha value is -1.51. The summed E-state index contributed by atoms with van der Waals surface area (Å²) in [6, 6.07) is 5.59. The van der Waals surface area contributed by atoms with Crippen LogP contribution in [0.1, 0.15) is 18.1 Å². The van der Waals surface area contributed by atoms with Crippen LogP contribution >= 0.6 is 0 Å². The summed E-state index contributed by atoms with van der Waals surface area (Å²) in [5.74, 6) is 0.101. The molecule has 0 amide bonds. The molecule has 3 nitrogen and oxygen atoms in total. The second-order valence-corrected chi connectivity index (χ2v) is 3.65. The zero-order chi connectivity index (χ0) is 10.1. The summed E-state index contributed by atoms with van der Waals surface area (Å²) in [7, 11) is 0. The third-order valence-corrected chi connectivity index (χ3v) is 2.32. The van der Waals surface area contributed by atoms with Crippen LogP contribution in [0.15, 0.2) is 18.2 Å². The predicted molar refractivity (Wildman–Crippen MR) is 51.6 cm³/mol. The Morgan fingerprint density at radius 1 is 1.64 bits per heavy atom. The van der Waals surface area contributed by atoms with E-state index < -0.39 is 5.97 Å². The van der Waals surface area contributed by atoms with E-state index >= 15 is 0 Å². The van der Waals surface area contributed by atoms with Crippen molar-refractivity contribution in [3.63, 3.8) is 0 Å². The van der Waals surface area contributed by atoms with Crippen LogP contribution in [0.4, 0.5) is 0 Å². The largest absolute Gasteiger partial charge is 0.490 e. The van der Waals surface area contributed by atoms with Gasteiger partial charge in [-0.2, -0.15) is 0 Å². The van der Waals surface area contributed by atoms with Crippen molar-refractivity contribution in [1.82, 2.24) is 0 Å². The van der Waals surface area contributed by atoms with Gasteiger partial charge >= 0.3 is 5.97 Å². The molecule has 0 aromatic heterocycles. The van der Waals surface area contributed by atoms with E-state index in [1.807, 2.05) is 25.1 Å². The first-order valence-corrected chi connectivity index (χ1v) is 4.65. The lowest BCUT2D eigenvalue weighted by Gasteiger charge is -2.02. The molecule has 1 aromatic carbocycles. The third-order valence-electron chi connectivity index (χ3n) is 2.32. The Kier molecular flexibility index (Phi) is 2.15. The van der Waals surface area contributed by atoms with Crippen LogP contribution in [0.2, 0.25) is 0 Å². The van der Waals surface area contributed by atoms with Gasteiger partial charge in [0, 0.05) is 6.42 Å². The molecule has 14 heavy (non-hydrogen) atoms. The number of benzene rings is 1. The number of carboxylic acid groups (broad SMARTS) is 1. The molecule has 0 radical (unpaired) electrons. The lowest BCUT2D eigenvalue weighted by Crippen LogP contribution is -2.05. The van der Waals surface area contributed by atoms with Crippen LogP contribution < -0.4 is 4.74 Å². The summed E-state index contributed by atoms with van der Waals surface area (Å²) >= 11 is 0. The summed E-state index contributed by atoms with van der Waals surface area (Å²) in [5.41, 5.74) is 1.96. The van der Waals surface area contributed by atoms with E-state index in [9.17, 15) is 4.79 Å². The maximum Gasteiger partial charge on any atom is 0.307 e. The predicted octanol–water partition coefficient (Wildman–Crippen LogP) is 1.64. The van der Waals surface area contributed by atoms with E-state index in [1.54, 1.807) is 0 Å². The van der Waals surface area contributed by atoms with Gasteiger partial charge in [-0.1, -0.05) is 12.1 Å². The zero-order valence-corrected chi connectivity index (χ0v) is 7.99. The van der Waals surface area contributed by atoms with Crippen molar-refractivity contribution in [1.29, 1.82) is 0 Å². The molecule has 3 heteroatoms. The SMILES string of the molecule is CC1Cc2cc(CC(=O)O)ccc2O1. The Morgan fingerprint density at radius 3 is 3.14 bits per heavy atom. The highest BCUT2D eigenvalue weighted by molar-refractivity contribution is 5.70. The molecule has 0 saturated heterocycles. The molecule has 74 valence electrons. The van der Waals surface area contributed by atoms with Gasteiger partial charge in [-0.05, 0) is 24.1 Å². The van der Waals surface area contributed by atoms with Gasteiger partial charge in [0.25, 0.3) is 0 Å². The van der Waals surface area contributed by atoms with Crippen LogP contribution in [-0.4, -0.2) is 17.2 Å². The molecule has 0 aliphatic carbocycles. The standard InChI is InChI=1S/C11H12O3/c1-7-4-9-5-8(6-11(12)13)2-3-10(9)14-7/h2-3,5,7H,4,6H2,1H3,(H,12,13). The molecule has 1 atom stereocenters. The fraction of sp³-hybridized carbons (Fsp3) is 0.364. The number of hydrogen-bond acceptors (Lipinski definition) is 2. The molecule has 2 rings (SSSR count). The molecule has 1 heterocycles. The molecular weight excluding hydrogens is 180 g/mol. The molecule has 1 aromatic rings. The first-order chi connectivity index (χ1) is 6.65. The minimum absolute atomic E-state index is 0.0850. The van der Waals surface area contributed by atoms with Gasteiger partial charge in [0.05, 0.1) is 6.42 Å². The van der Waals surface area contributed by atoms with Crippen LogP contribution in [0.5, 0.6) is 5.75 Å². The van der Waals surface area contributed by atoms with Gasteiger partial charge in [-0.25, -0.2) is 0 Å². The fourth-order valence-corrected chi connectivity index (χ4v) is 1.76. The summed E-state index contributed by atoms with van der Waals surface area (Å²) < 4.78 is 5.52. The minimum Gasteiger partial charge on any atom is -0.490 e. The Balaban J connectivity index is 2.24. The highest BCUT2D eigenvalue weighted by Crippen LogP contribution is 2.29. The Labute approximate surface area is 82.3 Å². The van der Waals surface area contributed by atoms with Gasteiger partial charge < -0.3 is 9.84 Å². The first kappa shape index (κ1) is 9.06. The van der Waals surface area contributed by atoms with Crippen molar-refractivity contribution in [3.8, 4) is 5.75 Å². The van der Waals surface area contributed by atoms with Crippen molar-refractivity contribution in [2.45, 2.75) is 25.9 Å². The van der Waals surface area contributed by atoms with Crippen LogP contribution in [0.25, 0.3) is 0 Å². The molecule has 1 N–H and O–H groups in total. The van der Waals surface area contributed by atoms with Gasteiger partial charge in [0.15, 0.2) is 0 Å². The minimum atomic E-state index is -0.795. The van der Waals surface area contributed by atoms with E-state index in [4.69, 9.17) is 9.84 Å². The Bertz CT molecular complexity index is 371. The second-order valence-electron chi connectivity index (χ2n) is 3.65. The van der Waals surface area contributed by atoms with E-state index in [2.05, 4.69) is 0 Å². The smallest absolute Gasteiger partial charge is 0.307 e. The van der Waals surface area contributed by atoms with E-state index in [0.29, 0.717) is 0 Å². The second kappa shape index (κ2) is 3.33. The zero-order valence-electron chi connectivity index (χ0n) is 7.99. The van der Waals surface area contributed by atoms with Crippen molar-refractivity contribution >= 4 is 5.97 Å². The van der Waals surface area contributed by atoms with Crippen molar-refractivity contribution in [2.75, 3.05) is 0 Å². The van der Waals surface area contributed by atoms with Gasteiger partial charge in [-0.15, -0.1) is 0 Å². The number of carboxylic acids is 1. The topological polar surface area (TPSA) is 46.5 Å². The number of ether oxygens (including phenoxy) is 1. The van der Waals surface area contributed by atoms with Crippen molar-refractivity contribution < 1.29 is 14.6 Å². The summed E-state index contributed by atoms with van der Waals surface area (Å²) in [6.45, 7) is 2.01. The average molecular weight is 192 g/mol. The quantitative estimate of drug-likeness (QED) is 0.774. The molecule has 0 spiro atoms. The number of fused-ring (bicyclic) bond motifs is 1. The average Bonchev–Trinajstić information content (AvgIpc) is 2.42. The van der Waals surface area contributed by atoms with Gasteiger partial charge in [0.2, 0.25) is 0 Å². The number of carbonyl (C=O) groups is 1. The fourth-order valence-electron chi connectivity index (χ4n) is 1.76. The van der Waals surface area contributed by atoms with E-state index in [-0.39, 0.29) is 12.5 Å². The van der Waals surface area contributed by atoms with E-state index in [1.165, 1.54) is 0 Å². The molecule has 0 saturated carbocycles. The molecule has 0 fully saturated rings. The number of aliphatic carboxylic acids is 1. The van der Waals surface area contributed by atoms with Crippen molar-refractivity contribution in [2.24, 2.45) is 0 Å². The van der Waals surface area contributed by atoms with Crippen LogP contribution in [0.3, 0.4) is 0 Å². The number of hydrogen-bond donors (Lipinski definition) is 1. The lowest BCUT2D eigenvalue weighted by atomic mass is 10.1. The maximum absolute atomic E-state index is 10.5. The first-order valence-electron chi connectivity index (χ1n) is 4.65. The summed E-state index contributed by atoms with van der Waals surface area (Å²) in [4.78, 5) is 10.5. The van der Waals surface area contributed by atoms with Crippen LogP contribution in [-0.2, 0) is 17.6 Å². The van der Waals surface area contributed by atoms with Crippen LogP contribution in [0, 0.1) is 0 Å². The van der Waals surface area contributed by atoms with E-state index in [0.717, 1.165) is 23.3 Å². The van der Waals surface area contributed by atoms with Gasteiger partial charge in [-0.3, -0.25) is 4.79 Å². The monoisotopic (exact) mass is 192 g/mol. The molecule has 1 aliphatic rings. The molecular formula is C11H12O3.